The van der Waals surface area contributed by atoms with Crippen molar-refractivity contribution < 1.29 is 19.0 Å². The third kappa shape index (κ3) is 4.76. The smallest absolute Gasteiger partial charge is 0.338 e. The molecular weight excluding hydrogens is 296 g/mol. The number of esters is 1. The zero-order valence-corrected chi connectivity index (χ0v) is 14.2. The third-order valence-corrected chi connectivity index (χ3v) is 3.40. The van der Waals surface area contributed by atoms with Gasteiger partial charge in [0.2, 0.25) is 0 Å². The Morgan fingerprint density at radius 1 is 1.35 bits per heavy atom. The summed E-state index contributed by atoms with van der Waals surface area (Å²) in [5.41, 5.74) is 7.73. The van der Waals surface area contributed by atoms with Gasteiger partial charge >= 0.3 is 5.97 Å². The molecule has 1 fully saturated rings. The molecule has 0 saturated carbocycles. The second-order valence-corrected chi connectivity index (χ2v) is 6.22. The van der Waals surface area contributed by atoms with Crippen molar-refractivity contribution in [3.05, 3.63) is 17.7 Å². The van der Waals surface area contributed by atoms with Crippen molar-refractivity contribution in [2.75, 3.05) is 24.2 Å². The Morgan fingerprint density at radius 3 is 2.57 bits per heavy atom. The van der Waals surface area contributed by atoms with Crippen LogP contribution in [0.25, 0.3) is 0 Å². The van der Waals surface area contributed by atoms with Crippen LogP contribution >= 0.6 is 0 Å². The first kappa shape index (κ1) is 17.4. The fraction of sp³-hybridized carbons (Fsp3) is 0.588. The van der Waals surface area contributed by atoms with Gasteiger partial charge in [0.05, 0.1) is 35.3 Å². The minimum Gasteiger partial charge on any atom is -0.489 e. The van der Waals surface area contributed by atoms with Crippen molar-refractivity contribution in [2.24, 2.45) is 0 Å². The highest BCUT2D eigenvalue weighted by atomic mass is 16.5. The maximum absolute atomic E-state index is 12.2. The molecule has 0 aromatic heterocycles. The molecule has 0 bridgehead atoms. The van der Waals surface area contributed by atoms with E-state index in [-0.39, 0.29) is 18.3 Å². The van der Waals surface area contributed by atoms with Crippen LogP contribution in [0, 0.1) is 0 Å². The van der Waals surface area contributed by atoms with Crippen molar-refractivity contribution in [3.63, 3.8) is 0 Å². The van der Waals surface area contributed by atoms with Gasteiger partial charge < -0.3 is 25.3 Å². The Labute approximate surface area is 137 Å². The average molecular weight is 322 g/mol. The Morgan fingerprint density at radius 2 is 2.04 bits per heavy atom. The van der Waals surface area contributed by atoms with Crippen LogP contribution in [0.1, 0.15) is 44.5 Å². The number of nitrogens with two attached hydrogens (primary N) is 1. The normalized spacial score (nSPS) is 17.0. The quantitative estimate of drug-likeness (QED) is 0.593. The van der Waals surface area contributed by atoms with E-state index in [0.29, 0.717) is 29.2 Å². The first-order chi connectivity index (χ1) is 10.9. The summed E-state index contributed by atoms with van der Waals surface area (Å²) in [5, 5.41) is 3.24. The molecular formula is C17H26N2O4. The van der Waals surface area contributed by atoms with E-state index in [1.54, 1.807) is 12.1 Å². The largest absolute Gasteiger partial charge is 0.489 e. The molecule has 1 aliphatic heterocycles. The van der Waals surface area contributed by atoms with Gasteiger partial charge in [-0.15, -0.1) is 0 Å². The number of hydrogen-bond acceptors (Lipinski definition) is 6. The van der Waals surface area contributed by atoms with Crippen LogP contribution in [0.2, 0.25) is 0 Å². The second-order valence-electron chi connectivity index (χ2n) is 6.22. The summed E-state index contributed by atoms with van der Waals surface area (Å²) in [6.07, 6.45) is 0.984. The number of hydrogen-bond donors (Lipinski definition) is 2. The molecule has 2 rings (SSSR count). The van der Waals surface area contributed by atoms with Gasteiger partial charge in [-0.05, 0) is 46.2 Å². The molecule has 23 heavy (non-hydrogen) atoms. The van der Waals surface area contributed by atoms with Crippen LogP contribution in [0.15, 0.2) is 12.1 Å². The standard InChI is InChI=1S/C17H26N2O4/c1-10(2)22-15-8-12(17(20)23-11(3)4)7-14(16(15)18)19-9-13-5-6-21-13/h7-8,10-11,13,19H,5-6,9,18H2,1-4H3/t13-/m0/s1. The summed E-state index contributed by atoms with van der Waals surface area (Å²) in [5.74, 6) is 0.0896. The fourth-order valence-electron chi connectivity index (χ4n) is 2.19. The molecule has 1 aliphatic rings. The van der Waals surface area contributed by atoms with E-state index < -0.39 is 5.97 Å². The molecule has 3 N–H and O–H groups in total. The molecule has 1 atom stereocenters. The van der Waals surface area contributed by atoms with Gasteiger partial charge in [0, 0.05) is 13.2 Å². The molecule has 0 unspecified atom stereocenters. The van der Waals surface area contributed by atoms with Crippen molar-refractivity contribution in [3.8, 4) is 5.75 Å². The van der Waals surface area contributed by atoms with Crippen LogP contribution in [-0.2, 0) is 9.47 Å². The summed E-state index contributed by atoms with van der Waals surface area (Å²) in [4.78, 5) is 12.2. The van der Waals surface area contributed by atoms with E-state index >= 15 is 0 Å². The molecule has 1 aromatic carbocycles. The Hall–Kier alpha value is -1.95. The molecule has 1 aromatic rings. The lowest BCUT2D eigenvalue weighted by Crippen LogP contribution is -2.33. The minimum absolute atomic E-state index is 0.0449. The summed E-state index contributed by atoms with van der Waals surface area (Å²) >= 11 is 0. The molecule has 1 saturated heterocycles. The number of nitrogen functional groups attached to an aromatic ring is 1. The molecule has 6 nitrogen and oxygen atoms in total. The number of nitrogens with one attached hydrogen (secondary N) is 1. The third-order valence-electron chi connectivity index (χ3n) is 3.40. The molecule has 1 heterocycles. The van der Waals surface area contributed by atoms with Gasteiger partial charge in [0.15, 0.2) is 0 Å². The van der Waals surface area contributed by atoms with E-state index in [9.17, 15) is 4.79 Å². The van der Waals surface area contributed by atoms with Crippen molar-refractivity contribution in [1.29, 1.82) is 0 Å². The maximum Gasteiger partial charge on any atom is 0.338 e. The van der Waals surface area contributed by atoms with Gasteiger partial charge in [-0.25, -0.2) is 4.79 Å². The van der Waals surface area contributed by atoms with E-state index in [4.69, 9.17) is 19.9 Å². The molecule has 0 amide bonds. The van der Waals surface area contributed by atoms with Gasteiger partial charge in [0.1, 0.15) is 5.75 Å². The molecule has 6 heteroatoms. The lowest BCUT2D eigenvalue weighted by atomic mass is 10.1. The van der Waals surface area contributed by atoms with Crippen molar-refractivity contribution in [1.82, 2.24) is 0 Å². The maximum atomic E-state index is 12.2. The second kappa shape index (κ2) is 7.55. The predicted octanol–water partition coefficient (Wildman–Crippen LogP) is 2.82. The lowest BCUT2D eigenvalue weighted by molar-refractivity contribution is -0.0410. The minimum atomic E-state index is -0.392. The molecule has 128 valence electrons. The predicted molar refractivity (Wildman–Crippen MR) is 90.0 cm³/mol. The molecule has 0 spiro atoms. The number of carbonyl (C=O) groups excluding carboxylic acids is 1. The van der Waals surface area contributed by atoms with Crippen molar-refractivity contribution in [2.45, 2.75) is 52.4 Å². The van der Waals surface area contributed by atoms with Crippen LogP contribution in [-0.4, -0.2) is 37.4 Å². The summed E-state index contributed by atoms with van der Waals surface area (Å²) in [6.45, 7) is 8.89. The highest BCUT2D eigenvalue weighted by molar-refractivity contribution is 5.93. The first-order valence-electron chi connectivity index (χ1n) is 8.03. The summed E-state index contributed by atoms with van der Waals surface area (Å²) in [7, 11) is 0. The zero-order valence-electron chi connectivity index (χ0n) is 14.2. The number of ether oxygens (including phenoxy) is 3. The highest BCUT2D eigenvalue weighted by Gasteiger charge is 2.20. The van der Waals surface area contributed by atoms with Gasteiger partial charge in [-0.3, -0.25) is 0 Å². The summed E-state index contributed by atoms with van der Waals surface area (Å²) < 4.78 is 16.4. The molecule has 0 aliphatic carbocycles. The lowest BCUT2D eigenvalue weighted by Gasteiger charge is -2.27. The Kier molecular flexibility index (Phi) is 5.71. The number of benzene rings is 1. The van der Waals surface area contributed by atoms with Crippen molar-refractivity contribution >= 4 is 17.3 Å². The Bertz CT molecular complexity index is 554. The Balaban J connectivity index is 2.24. The number of carbonyl (C=O) groups is 1. The zero-order chi connectivity index (χ0) is 17.0. The van der Waals surface area contributed by atoms with Crippen LogP contribution in [0.3, 0.4) is 0 Å². The van der Waals surface area contributed by atoms with Crippen LogP contribution < -0.4 is 15.8 Å². The van der Waals surface area contributed by atoms with E-state index in [2.05, 4.69) is 5.32 Å². The van der Waals surface area contributed by atoms with Gasteiger partial charge in [-0.2, -0.15) is 0 Å². The topological polar surface area (TPSA) is 82.8 Å². The van der Waals surface area contributed by atoms with Crippen LogP contribution in [0.5, 0.6) is 5.75 Å². The van der Waals surface area contributed by atoms with Gasteiger partial charge in [-0.1, -0.05) is 0 Å². The number of rotatable bonds is 7. The van der Waals surface area contributed by atoms with E-state index in [1.807, 2.05) is 27.7 Å². The number of anilines is 2. The molecule has 0 radical (unpaired) electrons. The van der Waals surface area contributed by atoms with E-state index in [0.717, 1.165) is 13.0 Å². The monoisotopic (exact) mass is 322 g/mol. The van der Waals surface area contributed by atoms with Gasteiger partial charge in [0.25, 0.3) is 0 Å². The highest BCUT2D eigenvalue weighted by Crippen LogP contribution is 2.33. The average Bonchev–Trinajstić information content (AvgIpc) is 2.39. The SMILES string of the molecule is CC(C)OC(=O)c1cc(NC[C@@H]2CCO2)c(N)c(OC(C)C)c1. The summed E-state index contributed by atoms with van der Waals surface area (Å²) in [6, 6.07) is 3.33. The fourth-order valence-corrected chi connectivity index (χ4v) is 2.19. The first-order valence-corrected chi connectivity index (χ1v) is 8.03. The van der Waals surface area contributed by atoms with Crippen LogP contribution in [0.4, 0.5) is 11.4 Å². The van der Waals surface area contributed by atoms with E-state index in [1.165, 1.54) is 0 Å².